The van der Waals surface area contributed by atoms with Crippen molar-refractivity contribution in [1.29, 1.82) is 0 Å². The molecule has 0 bridgehead atoms. The highest BCUT2D eigenvalue weighted by Crippen LogP contribution is 2.24. The molecule has 2 rings (SSSR count). The van der Waals surface area contributed by atoms with E-state index in [0.717, 1.165) is 4.90 Å². The normalized spacial score (nSPS) is 10.1. The van der Waals surface area contributed by atoms with Crippen molar-refractivity contribution >= 4 is 23.7 Å². The van der Waals surface area contributed by atoms with Crippen molar-refractivity contribution in [2.75, 3.05) is 11.5 Å². The maximum atomic E-state index is 5.46. The minimum absolute atomic E-state index is 0.140. The third-order valence-electron chi connectivity index (χ3n) is 1.60. The SMILES string of the molecule is Nc1nc(N)nc(Sc2ccccc2)n1. The van der Waals surface area contributed by atoms with Crippen molar-refractivity contribution in [2.45, 2.75) is 10.1 Å². The number of hydrogen-bond donors (Lipinski definition) is 2. The third-order valence-corrected chi connectivity index (χ3v) is 2.47. The first-order chi connectivity index (χ1) is 7.24. The number of aromatic nitrogens is 3. The molecule has 2 aromatic rings. The maximum Gasteiger partial charge on any atom is 0.225 e. The molecule has 0 spiro atoms. The van der Waals surface area contributed by atoms with Gasteiger partial charge >= 0.3 is 0 Å². The van der Waals surface area contributed by atoms with Gasteiger partial charge in [0.15, 0.2) is 5.16 Å². The Hall–Kier alpha value is -1.82. The predicted molar refractivity (Wildman–Crippen MR) is 59.2 cm³/mol. The fourth-order valence-corrected chi connectivity index (χ4v) is 1.81. The highest BCUT2D eigenvalue weighted by molar-refractivity contribution is 7.99. The van der Waals surface area contributed by atoms with E-state index in [1.165, 1.54) is 11.8 Å². The number of hydrogen-bond acceptors (Lipinski definition) is 6. The molecular weight excluding hydrogens is 210 g/mol. The largest absolute Gasteiger partial charge is 0.368 e. The Morgan fingerprint density at radius 2 is 1.47 bits per heavy atom. The number of nitrogens with two attached hydrogens (primary N) is 2. The fourth-order valence-electron chi connectivity index (χ4n) is 1.03. The van der Waals surface area contributed by atoms with Gasteiger partial charge in [-0.25, -0.2) is 0 Å². The summed E-state index contributed by atoms with van der Waals surface area (Å²) in [6.07, 6.45) is 0. The summed E-state index contributed by atoms with van der Waals surface area (Å²) in [5.41, 5.74) is 10.9. The lowest BCUT2D eigenvalue weighted by Crippen LogP contribution is -2.03. The van der Waals surface area contributed by atoms with E-state index in [4.69, 9.17) is 11.5 Å². The molecule has 0 unspecified atom stereocenters. The minimum Gasteiger partial charge on any atom is -0.368 e. The summed E-state index contributed by atoms with van der Waals surface area (Å²) in [7, 11) is 0. The van der Waals surface area contributed by atoms with Gasteiger partial charge in [0.05, 0.1) is 0 Å². The first-order valence-electron chi connectivity index (χ1n) is 4.24. The lowest BCUT2D eigenvalue weighted by atomic mass is 10.4. The van der Waals surface area contributed by atoms with Gasteiger partial charge in [-0.05, 0) is 23.9 Å². The second-order valence-electron chi connectivity index (χ2n) is 2.75. The van der Waals surface area contributed by atoms with E-state index >= 15 is 0 Å². The number of benzene rings is 1. The van der Waals surface area contributed by atoms with Crippen LogP contribution in [0.5, 0.6) is 0 Å². The molecule has 5 nitrogen and oxygen atoms in total. The summed E-state index contributed by atoms with van der Waals surface area (Å²) in [6, 6.07) is 9.74. The Balaban J connectivity index is 2.25. The van der Waals surface area contributed by atoms with Crippen LogP contribution in [0.4, 0.5) is 11.9 Å². The van der Waals surface area contributed by atoms with E-state index in [9.17, 15) is 0 Å². The van der Waals surface area contributed by atoms with Gasteiger partial charge in [-0.2, -0.15) is 15.0 Å². The highest BCUT2D eigenvalue weighted by Gasteiger charge is 2.03. The van der Waals surface area contributed by atoms with Crippen molar-refractivity contribution < 1.29 is 0 Å². The number of anilines is 2. The summed E-state index contributed by atoms with van der Waals surface area (Å²) in [5.74, 6) is 0.280. The Morgan fingerprint density at radius 3 is 2.07 bits per heavy atom. The smallest absolute Gasteiger partial charge is 0.225 e. The van der Waals surface area contributed by atoms with Crippen LogP contribution in [-0.4, -0.2) is 15.0 Å². The number of nitrogen functional groups attached to an aromatic ring is 2. The van der Waals surface area contributed by atoms with E-state index in [2.05, 4.69) is 15.0 Å². The van der Waals surface area contributed by atoms with E-state index in [1.54, 1.807) is 0 Å². The lowest BCUT2D eigenvalue weighted by Gasteiger charge is -2.00. The van der Waals surface area contributed by atoms with E-state index in [0.29, 0.717) is 5.16 Å². The Kier molecular flexibility index (Phi) is 2.68. The van der Waals surface area contributed by atoms with Crippen LogP contribution >= 0.6 is 11.8 Å². The number of nitrogens with zero attached hydrogens (tertiary/aromatic N) is 3. The lowest BCUT2D eigenvalue weighted by molar-refractivity contribution is 0.929. The quantitative estimate of drug-likeness (QED) is 0.788. The zero-order valence-corrected chi connectivity index (χ0v) is 8.61. The zero-order valence-electron chi connectivity index (χ0n) is 7.79. The molecule has 0 atom stereocenters. The molecular formula is C9H9N5S. The van der Waals surface area contributed by atoms with Crippen molar-refractivity contribution in [3.63, 3.8) is 0 Å². The molecule has 0 aliphatic heterocycles. The summed E-state index contributed by atoms with van der Waals surface area (Å²) in [4.78, 5) is 12.7. The zero-order chi connectivity index (χ0) is 10.7. The van der Waals surface area contributed by atoms with Crippen LogP contribution in [0, 0.1) is 0 Å². The van der Waals surface area contributed by atoms with Gasteiger partial charge in [0.1, 0.15) is 0 Å². The monoisotopic (exact) mass is 219 g/mol. The van der Waals surface area contributed by atoms with Crippen molar-refractivity contribution in [3.05, 3.63) is 30.3 Å². The molecule has 0 aliphatic carbocycles. The molecule has 0 radical (unpaired) electrons. The van der Waals surface area contributed by atoms with Crippen LogP contribution in [0.25, 0.3) is 0 Å². The van der Waals surface area contributed by atoms with Crippen LogP contribution in [0.3, 0.4) is 0 Å². The van der Waals surface area contributed by atoms with Gasteiger partial charge in [-0.15, -0.1) is 0 Å². The second-order valence-corrected chi connectivity index (χ2v) is 3.79. The van der Waals surface area contributed by atoms with Gasteiger partial charge in [-0.3, -0.25) is 0 Å². The van der Waals surface area contributed by atoms with Crippen molar-refractivity contribution in [1.82, 2.24) is 15.0 Å². The van der Waals surface area contributed by atoms with Crippen molar-refractivity contribution in [2.24, 2.45) is 0 Å². The van der Waals surface area contributed by atoms with E-state index < -0.39 is 0 Å². The van der Waals surface area contributed by atoms with Gasteiger partial charge in [0.25, 0.3) is 0 Å². The molecule has 0 saturated heterocycles. The molecule has 0 saturated carbocycles. The Morgan fingerprint density at radius 1 is 0.867 bits per heavy atom. The molecule has 0 amide bonds. The van der Waals surface area contributed by atoms with Gasteiger partial charge < -0.3 is 11.5 Å². The Bertz CT molecular complexity index is 439. The molecule has 1 heterocycles. The minimum atomic E-state index is 0.140. The fraction of sp³-hybridized carbons (Fsp3) is 0. The Labute approximate surface area is 91.0 Å². The van der Waals surface area contributed by atoms with Crippen LogP contribution in [0.15, 0.2) is 40.4 Å². The molecule has 4 N–H and O–H groups in total. The summed E-state index contributed by atoms with van der Waals surface area (Å²) < 4.78 is 0. The maximum absolute atomic E-state index is 5.46. The topological polar surface area (TPSA) is 90.7 Å². The molecule has 6 heteroatoms. The number of rotatable bonds is 2. The average molecular weight is 219 g/mol. The second kappa shape index (κ2) is 4.14. The van der Waals surface area contributed by atoms with E-state index in [1.807, 2.05) is 30.3 Å². The molecule has 0 aliphatic rings. The predicted octanol–water partition coefficient (Wildman–Crippen LogP) is 1.19. The average Bonchev–Trinajstić information content (AvgIpc) is 2.17. The molecule has 0 fully saturated rings. The first-order valence-corrected chi connectivity index (χ1v) is 5.05. The molecule has 1 aromatic carbocycles. The van der Waals surface area contributed by atoms with Gasteiger partial charge in [0, 0.05) is 4.90 Å². The van der Waals surface area contributed by atoms with Crippen LogP contribution in [0.2, 0.25) is 0 Å². The standard InChI is InChI=1S/C9H9N5S/c10-7-12-8(11)14-9(13-7)15-6-4-2-1-3-5-6/h1-5H,(H4,10,11,12,13,14). The molecule has 76 valence electrons. The highest BCUT2D eigenvalue weighted by atomic mass is 32.2. The van der Waals surface area contributed by atoms with Crippen LogP contribution < -0.4 is 11.5 Å². The van der Waals surface area contributed by atoms with E-state index in [-0.39, 0.29) is 11.9 Å². The van der Waals surface area contributed by atoms with Crippen LogP contribution in [0.1, 0.15) is 0 Å². The molecule has 1 aromatic heterocycles. The van der Waals surface area contributed by atoms with Gasteiger partial charge in [0.2, 0.25) is 11.9 Å². The molecule has 15 heavy (non-hydrogen) atoms. The summed E-state index contributed by atoms with van der Waals surface area (Å²) in [6.45, 7) is 0. The van der Waals surface area contributed by atoms with Gasteiger partial charge in [-0.1, -0.05) is 18.2 Å². The third kappa shape index (κ3) is 2.57. The summed E-state index contributed by atoms with van der Waals surface area (Å²) >= 11 is 1.39. The van der Waals surface area contributed by atoms with Crippen LogP contribution in [-0.2, 0) is 0 Å². The summed E-state index contributed by atoms with van der Waals surface area (Å²) in [5, 5.41) is 0.506. The van der Waals surface area contributed by atoms with Crippen molar-refractivity contribution in [3.8, 4) is 0 Å². The first kappa shape index (κ1) is 9.72.